The Balaban J connectivity index is 1.71. The van der Waals surface area contributed by atoms with Crippen molar-refractivity contribution in [2.45, 2.75) is 12.7 Å². The van der Waals surface area contributed by atoms with Crippen LogP contribution in [-0.4, -0.2) is 28.2 Å². The van der Waals surface area contributed by atoms with Crippen molar-refractivity contribution in [2.75, 3.05) is 17.6 Å². The van der Waals surface area contributed by atoms with Gasteiger partial charge in [-0.05, 0) is 12.5 Å². The van der Waals surface area contributed by atoms with Crippen LogP contribution >= 0.6 is 11.8 Å². The van der Waals surface area contributed by atoms with Crippen LogP contribution in [0.2, 0.25) is 0 Å². The van der Waals surface area contributed by atoms with E-state index in [-0.39, 0.29) is 5.69 Å². The van der Waals surface area contributed by atoms with E-state index >= 15 is 0 Å². The third kappa shape index (κ3) is 5.07. The van der Waals surface area contributed by atoms with Gasteiger partial charge in [0.2, 0.25) is 0 Å². The number of nitrogens with zero attached hydrogens (tertiary/aromatic N) is 2. The normalized spacial score (nSPS) is 10.3. The molecule has 0 aliphatic rings. The van der Waals surface area contributed by atoms with Gasteiger partial charge < -0.3 is 11.1 Å². The van der Waals surface area contributed by atoms with Crippen LogP contribution in [-0.2, 0) is 5.75 Å². The van der Waals surface area contributed by atoms with Crippen LogP contribution in [0.5, 0.6) is 0 Å². The number of hydrogen-bond donors (Lipinski definition) is 2. The summed E-state index contributed by atoms with van der Waals surface area (Å²) in [4.78, 5) is 19.0. The highest BCUT2D eigenvalue weighted by Gasteiger charge is 2.03. The van der Waals surface area contributed by atoms with Crippen LogP contribution in [0.4, 0.5) is 5.82 Å². The minimum absolute atomic E-state index is 0.173. The molecule has 3 N–H and O–H groups in total. The molecule has 0 atom stereocenters. The van der Waals surface area contributed by atoms with Crippen LogP contribution in [0, 0.1) is 6.92 Å². The second kappa shape index (κ2) is 7.64. The second-order valence-corrected chi connectivity index (χ2v) is 5.72. The first-order valence-electron chi connectivity index (χ1n) is 6.64. The summed E-state index contributed by atoms with van der Waals surface area (Å²) >= 11 is 1.84. The lowest BCUT2D eigenvalue weighted by molar-refractivity contribution is 0.0995. The fourth-order valence-corrected chi connectivity index (χ4v) is 2.51. The molecule has 0 saturated carbocycles. The summed E-state index contributed by atoms with van der Waals surface area (Å²) in [7, 11) is 0. The highest BCUT2D eigenvalue weighted by atomic mass is 32.2. The maximum atomic E-state index is 11.0. The Labute approximate surface area is 128 Å². The van der Waals surface area contributed by atoms with Crippen molar-refractivity contribution in [3.8, 4) is 0 Å². The molecule has 1 aromatic carbocycles. The molecule has 0 bridgehead atoms. The van der Waals surface area contributed by atoms with Crippen LogP contribution in [0.15, 0.2) is 36.7 Å². The Morgan fingerprint density at radius 3 is 2.76 bits per heavy atom. The first kappa shape index (κ1) is 15.3. The van der Waals surface area contributed by atoms with Gasteiger partial charge in [-0.1, -0.05) is 29.8 Å². The predicted octanol–water partition coefficient (Wildman–Crippen LogP) is 2.23. The molecule has 5 nitrogen and oxygen atoms in total. The number of benzene rings is 1. The molecule has 1 heterocycles. The molecule has 1 amide bonds. The van der Waals surface area contributed by atoms with E-state index < -0.39 is 5.91 Å². The van der Waals surface area contributed by atoms with Crippen LogP contribution in [0.3, 0.4) is 0 Å². The third-order valence-corrected chi connectivity index (χ3v) is 3.86. The van der Waals surface area contributed by atoms with Gasteiger partial charge in [-0.25, -0.2) is 4.98 Å². The fourth-order valence-electron chi connectivity index (χ4n) is 1.70. The number of anilines is 1. The molecular weight excluding hydrogens is 284 g/mol. The third-order valence-electron chi connectivity index (χ3n) is 2.83. The molecule has 0 fully saturated rings. The number of rotatable bonds is 7. The molecular formula is C15H18N4OS. The number of nitrogens with one attached hydrogen (secondary N) is 1. The van der Waals surface area contributed by atoms with Crippen molar-refractivity contribution in [2.24, 2.45) is 5.73 Å². The minimum atomic E-state index is -0.570. The Morgan fingerprint density at radius 1 is 1.29 bits per heavy atom. The monoisotopic (exact) mass is 302 g/mol. The summed E-state index contributed by atoms with van der Waals surface area (Å²) in [5.74, 6) is 1.92. The molecule has 21 heavy (non-hydrogen) atoms. The highest BCUT2D eigenvalue weighted by Crippen LogP contribution is 2.13. The van der Waals surface area contributed by atoms with Gasteiger partial charge in [-0.2, -0.15) is 11.8 Å². The summed E-state index contributed by atoms with van der Waals surface area (Å²) in [6, 6.07) is 8.55. The zero-order chi connectivity index (χ0) is 15.1. The largest absolute Gasteiger partial charge is 0.368 e. The van der Waals surface area contributed by atoms with Crippen LogP contribution in [0.1, 0.15) is 21.6 Å². The maximum absolute atomic E-state index is 11.0. The summed E-state index contributed by atoms with van der Waals surface area (Å²) in [6.45, 7) is 2.84. The smallest absolute Gasteiger partial charge is 0.268 e. The SMILES string of the molecule is Cc1ccc(CSCCNc2cncc(C(N)=O)n2)cc1. The summed E-state index contributed by atoms with van der Waals surface area (Å²) in [5, 5.41) is 3.13. The molecule has 2 rings (SSSR count). The average Bonchev–Trinajstić information content (AvgIpc) is 2.49. The molecule has 0 radical (unpaired) electrons. The van der Waals surface area contributed by atoms with Crippen molar-refractivity contribution in [1.82, 2.24) is 9.97 Å². The number of aromatic nitrogens is 2. The van der Waals surface area contributed by atoms with E-state index in [9.17, 15) is 4.79 Å². The van der Waals surface area contributed by atoms with Crippen molar-refractivity contribution < 1.29 is 4.79 Å². The lowest BCUT2D eigenvalue weighted by atomic mass is 10.2. The van der Waals surface area contributed by atoms with E-state index in [2.05, 4.69) is 46.5 Å². The molecule has 0 saturated heterocycles. The lowest BCUT2D eigenvalue weighted by Gasteiger charge is -2.06. The Bertz CT molecular complexity index is 601. The molecule has 0 aliphatic carbocycles. The van der Waals surface area contributed by atoms with E-state index in [4.69, 9.17) is 5.73 Å². The molecule has 0 spiro atoms. The predicted molar refractivity (Wildman–Crippen MR) is 86.4 cm³/mol. The number of carbonyl (C=O) groups is 1. The topological polar surface area (TPSA) is 80.9 Å². The summed E-state index contributed by atoms with van der Waals surface area (Å²) < 4.78 is 0. The molecule has 0 unspecified atom stereocenters. The number of thioether (sulfide) groups is 1. The van der Waals surface area contributed by atoms with Crippen molar-refractivity contribution in [3.05, 3.63) is 53.5 Å². The number of nitrogens with two attached hydrogens (primary N) is 1. The lowest BCUT2D eigenvalue weighted by Crippen LogP contribution is -2.15. The summed E-state index contributed by atoms with van der Waals surface area (Å²) in [5.41, 5.74) is 7.93. The number of amides is 1. The van der Waals surface area contributed by atoms with Crippen LogP contribution in [0.25, 0.3) is 0 Å². The van der Waals surface area contributed by atoms with Crippen molar-refractivity contribution in [3.63, 3.8) is 0 Å². The molecule has 1 aromatic heterocycles. The molecule has 6 heteroatoms. The molecule has 2 aromatic rings. The van der Waals surface area contributed by atoms with Gasteiger partial charge in [0, 0.05) is 18.1 Å². The van der Waals surface area contributed by atoms with Gasteiger partial charge in [0.15, 0.2) is 0 Å². The van der Waals surface area contributed by atoms with E-state index in [1.165, 1.54) is 17.3 Å². The van der Waals surface area contributed by atoms with Gasteiger partial charge in [0.1, 0.15) is 11.5 Å². The zero-order valence-corrected chi connectivity index (χ0v) is 12.7. The Morgan fingerprint density at radius 2 is 2.05 bits per heavy atom. The zero-order valence-electron chi connectivity index (χ0n) is 11.9. The van der Waals surface area contributed by atoms with Gasteiger partial charge in [0.05, 0.1) is 12.4 Å². The number of primary amides is 1. The van der Waals surface area contributed by atoms with Gasteiger partial charge in [0.25, 0.3) is 5.91 Å². The first-order valence-corrected chi connectivity index (χ1v) is 7.79. The fraction of sp³-hybridized carbons (Fsp3) is 0.267. The van der Waals surface area contributed by atoms with Crippen molar-refractivity contribution in [1.29, 1.82) is 0 Å². The molecule has 110 valence electrons. The summed E-state index contributed by atoms with van der Waals surface area (Å²) in [6.07, 6.45) is 2.94. The minimum Gasteiger partial charge on any atom is -0.368 e. The van der Waals surface area contributed by atoms with Gasteiger partial charge >= 0.3 is 0 Å². The van der Waals surface area contributed by atoms with Crippen LogP contribution < -0.4 is 11.1 Å². The van der Waals surface area contributed by atoms with E-state index in [0.29, 0.717) is 5.82 Å². The number of aryl methyl sites for hydroxylation is 1. The van der Waals surface area contributed by atoms with Gasteiger partial charge in [-0.3, -0.25) is 9.78 Å². The standard InChI is InChI=1S/C15H18N4OS/c1-11-2-4-12(5-3-11)10-21-7-6-18-14-9-17-8-13(19-14)15(16)20/h2-5,8-9H,6-7,10H2,1H3,(H2,16,20)(H,18,19). The Kier molecular flexibility index (Phi) is 5.57. The highest BCUT2D eigenvalue weighted by molar-refractivity contribution is 7.98. The quantitative estimate of drug-likeness (QED) is 0.767. The average molecular weight is 302 g/mol. The Hall–Kier alpha value is -2.08. The second-order valence-electron chi connectivity index (χ2n) is 4.62. The van der Waals surface area contributed by atoms with Gasteiger partial charge in [-0.15, -0.1) is 0 Å². The number of hydrogen-bond acceptors (Lipinski definition) is 5. The molecule has 0 aliphatic heterocycles. The van der Waals surface area contributed by atoms with E-state index in [1.54, 1.807) is 6.20 Å². The maximum Gasteiger partial charge on any atom is 0.268 e. The first-order chi connectivity index (χ1) is 10.1. The van der Waals surface area contributed by atoms with E-state index in [1.807, 2.05) is 11.8 Å². The number of carbonyl (C=O) groups excluding carboxylic acids is 1. The van der Waals surface area contributed by atoms with Crippen molar-refractivity contribution >= 4 is 23.5 Å². The van der Waals surface area contributed by atoms with E-state index in [0.717, 1.165) is 18.1 Å².